The van der Waals surface area contributed by atoms with Gasteiger partial charge in [-0.15, -0.1) is 0 Å². The third-order valence-corrected chi connectivity index (χ3v) is 13.6. The van der Waals surface area contributed by atoms with Crippen molar-refractivity contribution in [3.8, 4) is 0 Å². The van der Waals surface area contributed by atoms with Crippen molar-refractivity contribution in [1.82, 2.24) is 26.2 Å². The third-order valence-electron chi connectivity index (χ3n) is 13.6. The number of hydrogen-bond acceptors (Lipinski definition) is 23. The number of carbonyl (C=O) groups excluding carboxylic acids is 5. The van der Waals surface area contributed by atoms with E-state index in [2.05, 4.69) is 21.3 Å². The molecule has 2 aliphatic heterocycles. The summed E-state index contributed by atoms with van der Waals surface area (Å²) in [6.45, 7) is 3.88. The highest BCUT2D eigenvalue weighted by molar-refractivity contribution is 5.81. The van der Waals surface area contributed by atoms with Crippen LogP contribution in [0.2, 0.25) is 0 Å². The lowest BCUT2D eigenvalue weighted by Crippen LogP contribution is -2.71. The van der Waals surface area contributed by atoms with Crippen LogP contribution in [0, 0.1) is 36.3 Å². The Kier molecular flexibility index (Phi) is 21.6. The molecule has 10 N–H and O–H groups in total. The number of ether oxygens (including phenoxy) is 7. The molecule has 3 aromatic rings. The van der Waals surface area contributed by atoms with Gasteiger partial charge in [0.2, 0.25) is 5.91 Å². The molecule has 1 saturated carbocycles. The van der Waals surface area contributed by atoms with Gasteiger partial charge in [-0.3, -0.25) is 35.1 Å². The Morgan fingerprint density at radius 2 is 1.24 bits per heavy atom. The molecule has 1 saturated heterocycles. The molecule has 2 heterocycles. The maximum absolute atomic E-state index is 14.0. The van der Waals surface area contributed by atoms with Crippen LogP contribution in [0.25, 0.3) is 0 Å². The highest BCUT2D eigenvalue weighted by Crippen LogP contribution is 2.39. The molecule has 6 rings (SSSR count). The maximum atomic E-state index is 14.0. The molecule has 0 spiro atoms. The van der Waals surface area contributed by atoms with Crippen molar-refractivity contribution in [1.29, 1.82) is 0 Å². The number of likely N-dealkylation sites (N-methyl/N-ethyl adjacent to an activating group) is 1. The van der Waals surface area contributed by atoms with Gasteiger partial charge in [-0.25, -0.2) is 19.2 Å². The molecular formula is C52H67N9O22. The van der Waals surface area contributed by atoms with Crippen LogP contribution in [-0.2, 0) is 57.8 Å². The van der Waals surface area contributed by atoms with E-state index < -0.39 is 149 Å². The number of benzene rings is 3. The van der Waals surface area contributed by atoms with Crippen molar-refractivity contribution in [3.63, 3.8) is 0 Å². The lowest BCUT2D eigenvalue weighted by atomic mass is 9.72. The lowest BCUT2D eigenvalue weighted by molar-refractivity contribution is -0.385. The summed E-state index contributed by atoms with van der Waals surface area (Å²) in [6.07, 6.45) is -14.2. The minimum Gasteiger partial charge on any atom is -0.491 e. The summed E-state index contributed by atoms with van der Waals surface area (Å²) < 4.78 is 40.3. The first-order valence-corrected chi connectivity index (χ1v) is 26.0. The molecule has 0 aromatic heterocycles. The van der Waals surface area contributed by atoms with Crippen molar-refractivity contribution in [2.75, 3.05) is 26.7 Å². The highest BCUT2D eigenvalue weighted by atomic mass is 16.7. The molecule has 3 aliphatic rings. The Hall–Kier alpha value is -8.33. The molecule has 31 heteroatoms. The standard InChI is InChI=1S/C52H67N9O22/c1-51(2,3)83-50(69)58(5)44-41(64)46(80-27-52(44,4)70)82-43-37(55-45(65)38(62)20-21-54-47(66)77-24-28-6-12-31(13-7-28)59(71)72)22-36(57-49(68)79-26-30-10-16-33(17-11-30)61(75)76)39(40(43)63)42-35(19-18-34(23-53)81-42)56-48(67)78-25-29-8-14-32(15-9-29)60(73)74/h6-18,35-44,46,62-64,70H,19-27,53H2,1-5H3,(H,54,66)(H,55,65)(H,56,67)(H,57,68)/t35-,36+,37-,38+,39-,40+,41-,42?,43+,44-,46-,52+/m1/s1. The highest BCUT2D eigenvalue weighted by Gasteiger charge is 2.56. The van der Waals surface area contributed by atoms with Crippen molar-refractivity contribution in [2.45, 2.75) is 139 Å². The van der Waals surface area contributed by atoms with Gasteiger partial charge >= 0.3 is 24.4 Å². The van der Waals surface area contributed by atoms with Crippen LogP contribution in [0.4, 0.5) is 36.2 Å². The Morgan fingerprint density at radius 3 is 1.71 bits per heavy atom. The monoisotopic (exact) mass is 1170 g/mol. The summed E-state index contributed by atoms with van der Waals surface area (Å²) in [7, 11) is 1.26. The average molecular weight is 1170 g/mol. The van der Waals surface area contributed by atoms with Gasteiger partial charge in [0.1, 0.15) is 61.2 Å². The molecule has 31 nitrogen and oxygen atoms in total. The molecule has 83 heavy (non-hydrogen) atoms. The number of nitrogens with one attached hydrogen (secondary N) is 4. The van der Waals surface area contributed by atoms with Crippen molar-refractivity contribution in [3.05, 3.63) is 132 Å². The second-order valence-electron chi connectivity index (χ2n) is 21.0. The molecule has 3 aromatic carbocycles. The maximum Gasteiger partial charge on any atom is 0.410 e. The number of hydrogen-bond donors (Lipinski definition) is 9. The van der Waals surface area contributed by atoms with Crippen LogP contribution in [-0.4, -0.2) is 169 Å². The third kappa shape index (κ3) is 17.6. The van der Waals surface area contributed by atoms with E-state index in [0.717, 1.165) is 4.90 Å². The molecule has 0 bridgehead atoms. The van der Waals surface area contributed by atoms with Crippen LogP contribution in [0.5, 0.6) is 0 Å². The summed E-state index contributed by atoms with van der Waals surface area (Å²) in [5.74, 6) is -2.38. The van der Waals surface area contributed by atoms with E-state index in [0.29, 0.717) is 16.7 Å². The molecule has 1 unspecified atom stereocenters. The van der Waals surface area contributed by atoms with Gasteiger partial charge in [0.05, 0.1) is 52.2 Å². The van der Waals surface area contributed by atoms with Crippen molar-refractivity contribution < 1.29 is 92.3 Å². The zero-order chi connectivity index (χ0) is 60.9. The number of nitrogens with zero attached hydrogens (tertiary/aromatic N) is 4. The van der Waals surface area contributed by atoms with Gasteiger partial charge in [0, 0.05) is 62.0 Å². The minimum absolute atomic E-state index is 0.0287. The average Bonchev–Trinajstić information content (AvgIpc) is 3.32. The van der Waals surface area contributed by atoms with Crippen LogP contribution in [0.1, 0.15) is 63.6 Å². The lowest BCUT2D eigenvalue weighted by Gasteiger charge is -2.52. The van der Waals surface area contributed by atoms with Gasteiger partial charge in [0.15, 0.2) is 6.29 Å². The predicted molar refractivity (Wildman–Crippen MR) is 284 cm³/mol. The number of amides is 5. The molecule has 452 valence electrons. The number of nitro benzene ring substituents is 3. The summed E-state index contributed by atoms with van der Waals surface area (Å²) in [6, 6.07) is 9.99. The van der Waals surface area contributed by atoms with E-state index in [1.807, 2.05) is 0 Å². The van der Waals surface area contributed by atoms with E-state index in [9.17, 15) is 74.7 Å². The second kappa shape index (κ2) is 28.1. The molecule has 2 fully saturated rings. The Balaban J connectivity index is 1.30. The van der Waals surface area contributed by atoms with Crippen LogP contribution < -0.4 is 27.0 Å². The fourth-order valence-corrected chi connectivity index (χ4v) is 9.54. The smallest absolute Gasteiger partial charge is 0.410 e. The summed E-state index contributed by atoms with van der Waals surface area (Å²) in [5, 5.41) is 91.6. The van der Waals surface area contributed by atoms with Gasteiger partial charge in [-0.1, -0.05) is 0 Å². The number of aliphatic hydroxyl groups excluding tert-OH is 3. The fourth-order valence-electron chi connectivity index (χ4n) is 9.54. The molecule has 0 radical (unpaired) electrons. The first-order chi connectivity index (χ1) is 39.1. The quantitative estimate of drug-likeness (QED) is 0.0420. The van der Waals surface area contributed by atoms with Gasteiger partial charge < -0.3 is 85.5 Å². The Bertz CT molecular complexity index is 2820. The number of aliphatic hydroxyl groups is 4. The van der Waals surface area contributed by atoms with Crippen molar-refractivity contribution in [2.24, 2.45) is 11.7 Å². The number of nitrogens with two attached hydrogens (primary N) is 1. The predicted octanol–water partition coefficient (Wildman–Crippen LogP) is 2.56. The number of alkyl carbamates (subject to hydrolysis) is 3. The van der Waals surface area contributed by atoms with E-state index in [1.54, 1.807) is 26.8 Å². The molecule has 12 atom stereocenters. The zero-order valence-corrected chi connectivity index (χ0v) is 45.7. The first-order valence-electron chi connectivity index (χ1n) is 26.0. The molecule has 1 aliphatic carbocycles. The fraction of sp³-hybridized carbons (Fsp3) is 0.519. The van der Waals surface area contributed by atoms with Crippen molar-refractivity contribution >= 4 is 47.3 Å². The van der Waals surface area contributed by atoms with Gasteiger partial charge in [-0.2, -0.15) is 0 Å². The molecular weight excluding hydrogens is 1100 g/mol. The summed E-state index contributed by atoms with van der Waals surface area (Å²) in [4.78, 5) is 100. The summed E-state index contributed by atoms with van der Waals surface area (Å²) >= 11 is 0. The van der Waals surface area contributed by atoms with E-state index in [1.165, 1.54) is 86.8 Å². The molecule has 5 amide bonds. The number of carbonyl (C=O) groups is 5. The van der Waals surface area contributed by atoms with Crippen LogP contribution in [0.3, 0.4) is 0 Å². The summed E-state index contributed by atoms with van der Waals surface area (Å²) in [5.41, 5.74) is 3.60. The number of rotatable bonds is 21. The van der Waals surface area contributed by atoms with E-state index in [-0.39, 0.29) is 55.5 Å². The normalized spacial score (nSPS) is 25.3. The SMILES string of the molecule is CN(C(=O)OC(C)(C)C)[C@@H]1[C@@H](O)[C@@H](O[C@@H]2[C@@H](O)[C@H](C3OC(CN)=CC[C@H]3NC(=O)OCc3ccc([N+](=O)[O-])cc3)[C@@H](NC(=O)OCc3ccc([N+](=O)[O-])cc3)C[C@H]2NC(=O)[C@@H](O)CCNC(=O)OCc2ccc([N+](=O)[O-])cc2)OC[C@]1(C)O. The van der Waals surface area contributed by atoms with E-state index >= 15 is 0 Å². The topological polar surface area (TPSA) is 438 Å². The zero-order valence-electron chi connectivity index (χ0n) is 45.7. The Labute approximate surface area is 473 Å². The Morgan fingerprint density at radius 1 is 0.759 bits per heavy atom. The van der Waals surface area contributed by atoms with E-state index in [4.69, 9.17) is 38.9 Å². The number of non-ortho nitro benzene ring substituents is 3. The minimum atomic E-state index is -1.97. The van der Waals surface area contributed by atoms with Crippen LogP contribution >= 0.6 is 0 Å². The largest absolute Gasteiger partial charge is 0.491 e. The second-order valence-corrected chi connectivity index (χ2v) is 21.0. The van der Waals surface area contributed by atoms with Crippen LogP contribution in [0.15, 0.2) is 84.6 Å². The number of nitro groups is 3. The van der Waals surface area contributed by atoms with Gasteiger partial charge in [0.25, 0.3) is 17.1 Å². The van der Waals surface area contributed by atoms with Gasteiger partial charge in [-0.05, 0) is 106 Å². The first kappa shape index (κ1) is 63.8.